The summed E-state index contributed by atoms with van der Waals surface area (Å²) in [7, 11) is 1.84. The SMILES string of the molecule is Cc1cc(C(=O)N2CCN(CCn3nc(C(C)(C)C)ccc3=O)CC2)nn1C. The van der Waals surface area contributed by atoms with Gasteiger partial charge in [0.15, 0.2) is 5.69 Å². The van der Waals surface area contributed by atoms with Crippen LogP contribution in [0.2, 0.25) is 0 Å². The Morgan fingerprint density at radius 2 is 1.75 bits per heavy atom. The van der Waals surface area contributed by atoms with E-state index >= 15 is 0 Å². The van der Waals surface area contributed by atoms with Gasteiger partial charge in [-0.3, -0.25) is 19.2 Å². The van der Waals surface area contributed by atoms with E-state index in [9.17, 15) is 9.59 Å². The molecule has 0 unspecified atom stereocenters. The highest BCUT2D eigenvalue weighted by atomic mass is 16.2. The fourth-order valence-corrected chi connectivity index (χ4v) is 3.25. The van der Waals surface area contributed by atoms with Gasteiger partial charge < -0.3 is 4.90 Å². The maximum absolute atomic E-state index is 12.6. The third-order valence-electron chi connectivity index (χ3n) is 5.26. The molecule has 0 saturated carbocycles. The average molecular weight is 387 g/mol. The fourth-order valence-electron chi connectivity index (χ4n) is 3.25. The number of carbonyl (C=O) groups excluding carboxylic acids is 1. The highest BCUT2D eigenvalue weighted by Gasteiger charge is 2.24. The predicted molar refractivity (Wildman–Crippen MR) is 107 cm³/mol. The molecular weight excluding hydrogens is 356 g/mol. The standard InChI is InChI=1S/C20H30N6O2/c1-15-14-16(21-23(15)5)19(28)25-11-8-24(9-12-25)10-13-26-18(27)7-6-17(22-26)20(2,3)4/h6-7,14H,8-13H2,1-5H3. The lowest BCUT2D eigenvalue weighted by atomic mass is 9.92. The smallest absolute Gasteiger partial charge is 0.274 e. The van der Waals surface area contributed by atoms with Crippen LogP contribution in [0.1, 0.15) is 42.6 Å². The summed E-state index contributed by atoms with van der Waals surface area (Å²) in [5, 5.41) is 8.81. The highest BCUT2D eigenvalue weighted by Crippen LogP contribution is 2.18. The average Bonchev–Trinajstić information content (AvgIpc) is 2.98. The lowest BCUT2D eigenvalue weighted by Gasteiger charge is -2.34. The molecule has 1 saturated heterocycles. The van der Waals surface area contributed by atoms with Crippen molar-refractivity contribution >= 4 is 5.91 Å². The topological polar surface area (TPSA) is 76.3 Å². The minimum Gasteiger partial charge on any atom is -0.335 e. The number of carbonyl (C=O) groups is 1. The molecule has 1 aliphatic heterocycles. The van der Waals surface area contributed by atoms with Crippen molar-refractivity contribution in [3.05, 3.63) is 45.6 Å². The van der Waals surface area contributed by atoms with Gasteiger partial charge in [-0.15, -0.1) is 0 Å². The monoisotopic (exact) mass is 386 g/mol. The van der Waals surface area contributed by atoms with Crippen LogP contribution in [0, 0.1) is 6.92 Å². The molecule has 0 aliphatic carbocycles. The Morgan fingerprint density at radius 3 is 2.32 bits per heavy atom. The van der Waals surface area contributed by atoms with E-state index in [1.807, 2.05) is 31.0 Å². The van der Waals surface area contributed by atoms with Crippen molar-refractivity contribution in [2.45, 2.75) is 39.7 Å². The van der Waals surface area contributed by atoms with Crippen molar-refractivity contribution in [1.29, 1.82) is 0 Å². The van der Waals surface area contributed by atoms with Crippen LogP contribution in [0.5, 0.6) is 0 Å². The molecule has 152 valence electrons. The van der Waals surface area contributed by atoms with E-state index in [2.05, 4.69) is 35.9 Å². The lowest BCUT2D eigenvalue weighted by molar-refractivity contribution is 0.0625. The third-order valence-corrected chi connectivity index (χ3v) is 5.26. The van der Waals surface area contributed by atoms with E-state index in [0.29, 0.717) is 25.3 Å². The number of rotatable bonds is 4. The maximum atomic E-state index is 12.6. The van der Waals surface area contributed by atoms with Crippen LogP contribution < -0.4 is 5.56 Å². The summed E-state index contributed by atoms with van der Waals surface area (Å²) in [4.78, 5) is 28.8. The molecule has 0 radical (unpaired) electrons. The first-order valence-electron chi connectivity index (χ1n) is 9.76. The number of aromatic nitrogens is 4. The van der Waals surface area contributed by atoms with Gasteiger partial charge in [0.05, 0.1) is 12.2 Å². The Labute approximate surface area is 165 Å². The minimum absolute atomic E-state index is 0.0147. The van der Waals surface area contributed by atoms with Gasteiger partial charge in [-0.05, 0) is 19.1 Å². The minimum atomic E-state index is -0.0920. The van der Waals surface area contributed by atoms with Crippen LogP contribution in [0.4, 0.5) is 0 Å². The predicted octanol–water partition coefficient (Wildman–Crippen LogP) is 1.04. The maximum Gasteiger partial charge on any atom is 0.274 e. The molecule has 8 heteroatoms. The second-order valence-electron chi connectivity index (χ2n) is 8.46. The molecule has 8 nitrogen and oxygen atoms in total. The number of amides is 1. The number of aryl methyl sites for hydroxylation is 2. The first-order chi connectivity index (χ1) is 13.1. The summed E-state index contributed by atoms with van der Waals surface area (Å²) in [5.41, 5.74) is 2.21. The summed E-state index contributed by atoms with van der Waals surface area (Å²) in [6.45, 7) is 12.4. The van der Waals surface area contributed by atoms with Gasteiger partial charge in [0.25, 0.3) is 11.5 Å². The number of piperazine rings is 1. The summed E-state index contributed by atoms with van der Waals surface area (Å²) >= 11 is 0. The Bertz CT molecular complexity index is 881. The zero-order valence-corrected chi connectivity index (χ0v) is 17.5. The second kappa shape index (κ2) is 7.87. The van der Waals surface area contributed by atoms with Gasteiger partial charge in [0.2, 0.25) is 0 Å². The molecule has 2 aromatic rings. The van der Waals surface area contributed by atoms with E-state index in [4.69, 9.17) is 0 Å². The summed E-state index contributed by atoms with van der Waals surface area (Å²) in [6.07, 6.45) is 0. The molecule has 0 spiro atoms. The Balaban J connectivity index is 1.55. The quantitative estimate of drug-likeness (QED) is 0.785. The molecule has 1 fully saturated rings. The molecule has 0 N–H and O–H groups in total. The molecule has 0 bridgehead atoms. The van der Waals surface area contributed by atoms with Crippen LogP contribution in [0.15, 0.2) is 23.0 Å². The van der Waals surface area contributed by atoms with Gasteiger partial charge in [0, 0.05) is 56.9 Å². The molecule has 1 amide bonds. The van der Waals surface area contributed by atoms with Crippen LogP contribution >= 0.6 is 0 Å². The molecule has 28 heavy (non-hydrogen) atoms. The summed E-state index contributed by atoms with van der Waals surface area (Å²) < 4.78 is 3.27. The van der Waals surface area contributed by atoms with Gasteiger partial charge >= 0.3 is 0 Å². The third kappa shape index (κ3) is 4.49. The van der Waals surface area contributed by atoms with Crippen molar-refractivity contribution in [1.82, 2.24) is 29.4 Å². The van der Waals surface area contributed by atoms with Crippen LogP contribution in [-0.2, 0) is 19.0 Å². The van der Waals surface area contributed by atoms with Crippen molar-refractivity contribution in [2.75, 3.05) is 32.7 Å². The normalized spacial score (nSPS) is 15.8. The van der Waals surface area contributed by atoms with Crippen molar-refractivity contribution in [3.8, 4) is 0 Å². The first kappa shape index (κ1) is 20.3. The van der Waals surface area contributed by atoms with E-state index in [0.717, 1.165) is 31.0 Å². The van der Waals surface area contributed by atoms with Gasteiger partial charge in [-0.2, -0.15) is 10.2 Å². The fraction of sp³-hybridized carbons (Fsp3) is 0.600. The Kier molecular flexibility index (Phi) is 5.69. The molecular formula is C20H30N6O2. The van der Waals surface area contributed by atoms with Gasteiger partial charge in [0.1, 0.15) is 0 Å². The Hall–Kier alpha value is -2.48. The van der Waals surface area contributed by atoms with Crippen LogP contribution in [0.3, 0.4) is 0 Å². The summed E-state index contributed by atoms with van der Waals surface area (Å²) in [6, 6.07) is 5.23. The lowest BCUT2D eigenvalue weighted by Crippen LogP contribution is -2.49. The molecule has 2 aromatic heterocycles. The highest BCUT2D eigenvalue weighted by molar-refractivity contribution is 5.92. The second-order valence-corrected chi connectivity index (χ2v) is 8.46. The van der Waals surface area contributed by atoms with E-state index < -0.39 is 0 Å². The van der Waals surface area contributed by atoms with E-state index in [-0.39, 0.29) is 16.9 Å². The molecule has 0 aromatic carbocycles. The zero-order chi connectivity index (χ0) is 20.5. The van der Waals surface area contributed by atoms with Gasteiger partial charge in [-0.1, -0.05) is 20.8 Å². The van der Waals surface area contributed by atoms with Crippen molar-refractivity contribution in [2.24, 2.45) is 7.05 Å². The molecule has 0 atom stereocenters. The van der Waals surface area contributed by atoms with E-state index in [1.165, 1.54) is 0 Å². The number of hydrogen-bond acceptors (Lipinski definition) is 5. The van der Waals surface area contributed by atoms with Crippen molar-refractivity contribution in [3.63, 3.8) is 0 Å². The Morgan fingerprint density at radius 1 is 1.07 bits per heavy atom. The zero-order valence-electron chi connectivity index (χ0n) is 17.5. The number of hydrogen-bond donors (Lipinski definition) is 0. The molecule has 3 heterocycles. The van der Waals surface area contributed by atoms with Crippen LogP contribution in [-0.4, -0.2) is 68.0 Å². The summed E-state index contributed by atoms with van der Waals surface area (Å²) in [5.74, 6) is -0.0147. The largest absolute Gasteiger partial charge is 0.335 e. The molecule has 3 rings (SSSR count). The van der Waals surface area contributed by atoms with Crippen molar-refractivity contribution < 1.29 is 4.79 Å². The number of nitrogens with zero attached hydrogens (tertiary/aromatic N) is 6. The van der Waals surface area contributed by atoms with Gasteiger partial charge in [-0.25, -0.2) is 4.68 Å². The first-order valence-corrected chi connectivity index (χ1v) is 9.76. The molecule has 1 aliphatic rings. The van der Waals surface area contributed by atoms with E-state index in [1.54, 1.807) is 15.4 Å². The van der Waals surface area contributed by atoms with Crippen LogP contribution in [0.25, 0.3) is 0 Å².